The van der Waals surface area contributed by atoms with Crippen LogP contribution in [0.25, 0.3) is 0 Å². The molecule has 2 rings (SSSR count). The second-order valence-electron chi connectivity index (χ2n) is 4.08. The molecule has 0 atom stereocenters. The Bertz CT molecular complexity index is 506. The smallest absolute Gasteiger partial charge is 0.212 e. The van der Waals surface area contributed by atoms with Crippen molar-refractivity contribution in [2.24, 2.45) is 0 Å². The minimum absolute atomic E-state index is 0.456. The van der Waals surface area contributed by atoms with E-state index < -0.39 is 5.95 Å². The average molecular weight is 230 g/mol. The van der Waals surface area contributed by atoms with Crippen LogP contribution < -0.4 is 5.32 Å². The molecule has 0 spiro atoms. The highest BCUT2D eigenvalue weighted by Crippen LogP contribution is 2.14. The molecule has 2 aromatic rings. The van der Waals surface area contributed by atoms with Gasteiger partial charge in [-0.2, -0.15) is 4.39 Å². The summed E-state index contributed by atoms with van der Waals surface area (Å²) < 4.78 is 12.6. The summed E-state index contributed by atoms with van der Waals surface area (Å²) in [5.41, 5.74) is 4.64. The van der Waals surface area contributed by atoms with Gasteiger partial charge in [-0.1, -0.05) is 18.2 Å². The van der Waals surface area contributed by atoms with Crippen LogP contribution in [0, 0.1) is 19.8 Å². The van der Waals surface area contributed by atoms with Gasteiger partial charge in [-0.25, -0.2) is 4.98 Å². The van der Waals surface area contributed by atoms with Crippen LogP contribution in [-0.4, -0.2) is 4.98 Å². The molecule has 0 bridgehead atoms. The summed E-state index contributed by atoms with van der Waals surface area (Å²) in [6.45, 7) is 4.92. The summed E-state index contributed by atoms with van der Waals surface area (Å²) in [5, 5.41) is 3.23. The van der Waals surface area contributed by atoms with Crippen molar-refractivity contribution in [3.8, 4) is 0 Å². The van der Waals surface area contributed by atoms with E-state index in [0.717, 1.165) is 12.2 Å². The highest BCUT2D eigenvalue weighted by Gasteiger charge is 2.00. The molecule has 3 heteroatoms. The fourth-order valence-corrected chi connectivity index (χ4v) is 1.68. The molecule has 1 aromatic carbocycles. The van der Waals surface area contributed by atoms with E-state index in [1.165, 1.54) is 29.0 Å². The van der Waals surface area contributed by atoms with Crippen molar-refractivity contribution in [2.45, 2.75) is 20.4 Å². The molecule has 17 heavy (non-hydrogen) atoms. The fourth-order valence-electron chi connectivity index (χ4n) is 1.68. The Labute approximate surface area is 101 Å². The van der Waals surface area contributed by atoms with Crippen LogP contribution in [0.4, 0.5) is 10.1 Å². The fraction of sp³-hybridized carbons (Fsp3) is 0.214. The normalized spacial score (nSPS) is 10.3. The molecule has 0 aliphatic carbocycles. The van der Waals surface area contributed by atoms with Gasteiger partial charge < -0.3 is 5.32 Å². The Morgan fingerprint density at radius 3 is 2.71 bits per heavy atom. The van der Waals surface area contributed by atoms with Gasteiger partial charge in [0.15, 0.2) is 0 Å². The van der Waals surface area contributed by atoms with Crippen molar-refractivity contribution in [1.82, 2.24) is 4.98 Å². The summed E-state index contributed by atoms with van der Waals surface area (Å²) in [6.07, 6.45) is 1.50. The van der Waals surface area contributed by atoms with E-state index in [9.17, 15) is 4.39 Å². The molecule has 0 saturated carbocycles. The van der Waals surface area contributed by atoms with Crippen LogP contribution in [0.1, 0.15) is 16.7 Å². The maximum absolute atomic E-state index is 12.6. The molecule has 0 unspecified atom stereocenters. The molecule has 0 aliphatic rings. The average Bonchev–Trinajstić information content (AvgIpc) is 2.33. The Balaban J connectivity index is 2.07. The molecule has 1 aromatic heterocycles. The molecule has 0 aliphatic heterocycles. The first kappa shape index (κ1) is 11.6. The summed E-state index contributed by atoms with van der Waals surface area (Å²) >= 11 is 0. The van der Waals surface area contributed by atoms with E-state index in [0.29, 0.717) is 0 Å². The lowest BCUT2D eigenvalue weighted by molar-refractivity contribution is 0.584. The van der Waals surface area contributed by atoms with E-state index in [1.54, 1.807) is 6.07 Å². The minimum Gasteiger partial charge on any atom is -0.380 e. The van der Waals surface area contributed by atoms with Gasteiger partial charge in [0, 0.05) is 6.54 Å². The van der Waals surface area contributed by atoms with Crippen molar-refractivity contribution in [2.75, 3.05) is 5.32 Å². The molecule has 2 nitrogen and oxygen atoms in total. The first-order valence-corrected chi connectivity index (χ1v) is 5.57. The first-order chi connectivity index (χ1) is 8.16. The van der Waals surface area contributed by atoms with Crippen LogP contribution >= 0.6 is 0 Å². The maximum Gasteiger partial charge on any atom is 0.212 e. The number of aryl methyl sites for hydroxylation is 1. The van der Waals surface area contributed by atoms with Gasteiger partial charge in [0.2, 0.25) is 5.95 Å². The van der Waals surface area contributed by atoms with Gasteiger partial charge in [-0.3, -0.25) is 0 Å². The molecule has 0 saturated heterocycles. The topological polar surface area (TPSA) is 24.9 Å². The monoisotopic (exact) mass is 230 g/mol. The van der Waals surface area contributed by atoms with Gasteiger partial charge in [0.1, 0.15) is 0 Å². The zero-order valence-electron chi connectivity index (χ0n) is 10.00. The van der Waals surface area contributed by atoms with Crippen LogP contribution in [0.3, 0.4) is 0 Å². The summed E-state index contributed by atoms with van der Waals surface area (Å²) in [7, 11) is 0. The van der Waals surface area contributed by atoms with Crippen LogP contribution in [0.2, 0.25) is 0 Å². The zero-order valence-corrected chi connectivity index (χ0v) is 10.00. The molecule has 88 valence electrons. The highest BCUT2D eigenvalue weighted by atomic mass is 19.1. The zero-order chi connectivity index (χ0) is 12.3. The Morgan fingerprint density at radius 2 is 2.00 bits per heavy atom. The predicted octanol–water partition coefficient (Wildman–Crippen LogP) is 3.45. The minimum atomic E-state index is -0.456. The van der Waals surface area contributed by atoms with Gasteiger partial charge in [0.25, 0.3) is 0 Å². The van der Waals surface area contributed by atoms with Crippen molar-refractivity contribution in [1.29, 1.82) is 0 Å². The van der Waals surface area contributed by atoms with Gasteiger partial charge in [-0.05, 0) is 42.7 Å². The maximum atomic E-state index is 12.6. The lowest BCUT2D eigenvalue weighted by Gasteiger charge is -2.10. The lowest BCUT2D eigenvalue weighted by Crippen LogP contribution is -2.02. The third-order valence-electron chi connectivity index (χ3n) is 2.93. The van der Waals surface area contributed by atoms with Crippen LogP contribution in [0.15, 0.2) is 36.5 Å². The molecule has 0 radical (unpaired) electrons. The van der Waals surface area contributed by atoms with Gasteiger partial charge >= 0.3 is 0 Å². The van der Waals surface area contributed by atoms with Crippen molar-refractivity contribution >= 4 is 5.69 Å². The summed E-state index contributed by atoms with van der Waals surface area (Å²) in [4.78, 5) is 3.60. The number of halogens is 1. The second-order valence-corrected chi connectivity index (χ2v) is 4.08. The van der Waals surface area contributed by atoms with Crippen molar-refractivity contribution in [3.05, 3.63) is 59.2 Å². The standard InChI is InChI=1S/C14H15FN2/c1-10-4-3-5-12(11(10)2)8-16-13-6-7-14(15)17-9-13/h3-7,9,16H,8H2,1-2H3. The van der Waals surface area contributed by atoms with Crippen molar-refractivity contribution < 1.29 is 4.39 Å². The number of hydrogen-bond acceptors (Lipinski definition) is 2. The van der Waals surface area contributed by atoms with Crippen molar-refractivity contribution in [3.63, 3.8) is 0 Å². The number of benzene rings is 1. The first-order valence-electron chi connectivity index (χ1n) is 5.57. The lowest BCUT2D eigenvalue weighted by atomic mass is 10.0. The van der Waals surface area contributed by atoms with Gasteiger partial charge in [-0.15, -0.1) is 0 Å². The Morgan fingerprint density at radius 1 is 1.18 bits per heavy atom. The predicted molar refractivity (Wildman–Crippen MR) is 67.4 cm³/mol. The molecule has 0 amide bonds. The highest BCUT2D eigenvalue weighted by molar-refractivity contribution is 5.42. The Hall–Kier alpha value is -1.90. The number of aromatic nitrogens is 1. The third kappa shape index (κ3) is 2.81. The number of nitrogens with one attached hydrogen (secondary N) is 1. The van der Waals surface area contributed by atoms with Crippen LogP contribution in [-0.2, 0) is 6.54 Å². The SMILES string of the molecule is Cc1cccc(CNc2ccc(F)nc2)c1C. The molecule has 1 N–H and O–H groups in total. The van der Waals surface area contributed by atoms with E-state index in [4.69, 9.17) is 0 Å². The summed E-state index contributed by atoms with van der Waals surface area (Å²) in [5.74, 6) is -0.456. The Kier molecular flexibility index (Phi) is 3.38. The van der Waals surface area contributed by atoms with E-state index in [2.05, 4.69) is 36.3 Å². The molecular formula is C14H15FN2. The van der Waals surface area contributed by atoms with Gasteiger partial charge in [0.05, 0.1) is 11.9 Å². The van der Waals surface area contributed by atoms with Crippen LogP contribution in [0.5, 0.6) is 0 Å². The number of rotatable bonds is 3. The van der Waals surface area contributed by atoms with E-state index in [1.807, 2.05) is 6.07 Å². The third-order valence-corrected chi connectivity index (χ3v) is 2.93. The number of pyridine rings is 1. The summed E-state index contributed by atoms with van der Waals surface area (Å²) in [6, 6.07) is 9.27. The van der Waals surface area contributed by atoms with E-state index >= 15 is 0 Å². The largest absolute Gasteiger partial charge is 0.380 e. The number of hydrogen-bond donors (Lipinski definition) is 1. The second kappa shape index (κ2) is 4.95. The molecule has 1 heterocycles. The number of anilines is 1. The van der Waals surface area contributed by atoms with E-state index in [-0.39, 0.29) is 0 Å². The quantitative estimate of drug-likeness (QED) is 0.817. The number of nitrogens with zero attached hydrogens (tertiary/aromatic N) is 1. The molecular weight excluding hydrogens is 215 g/mol. The molecule has 0 fully saturated rings.